The van der Waals surface area contributed by atoms with Gasteiger partial charge in [-0.05, 0) is 50.3 Å². The first-order chi connectivity index (χ1) is 13.7. The van der Waals surface area contributed by atoms with Gasteiger partial charge in [-0.25, -0.2) is 4.98 Å². The van der Waals surface area contributed by atoms with Crippen LogP contribution in [0, 0.1) is 6.92 Å². The van der Waals surface area contributed by atoms with E-state index in [9.17, 15) is 4.79 Å². The van der Waals surface area contributed by atoms with E-state index in [1.807, 2.05) is 31.2 Å². The maximum atomic E-state index is 12.6. The van der Waals surface area contributed by atoms with Crippen LogP contribution in [0.2, 0.25) is 0 Å². The van der Waals surface area contributed by atoms with E-state index in [1.165, 1.54) is 28.6 Å². The van der Waals surface area contributed by atoms with E-state index in [0.29, 0.717) is 22.7 Å². The van der Waals surface area contributed by atoms with Gasteiger partial charge in [-0.2, -0.15) is 0 Å². The monoisotopic (exact) mass is 410 g/mol. The molecule has 1 aliphatic carbocycles. The highest BCUT2D eigenvalue weighted by Crippen LogP contribution is 2.34. The molecule has 1 N–H and O–H groups in total. The van der Waals surface area contributed by atoms with Gasteiger partial charge >= 0.3 is 0 Å². The number of thioether (sulfide) groups is 1. The zero-order chi connectivity index (χ0) is 19.1. The lowest BCUT2D eigenvalue weighted by molar-refractivity contribution is 0.528. The average molecular weight is 411 g/mol. The summed E-state index contributed by atoms with van der Waals surface area (Å²) in [4.78, 5) is 22.4. The summed E-state index contributed by atoms with van der Waals surface area (Å²) < 4.78 is 5.77. The first-order valence-electron chi connectivity index (χ1n) is 9.24. The summed E-state index contributed by atoms with van der Waals surface area (Å²) in [5, 5.41) is 9.62. The first-order valence-corrected chi connectivity index (χ1v) is 11.0. The Morgan fingerprint density at radius 3 is 3.04 bits per heavy atom. The van der Waals surface area contributed by atoms with Crippen LogP contribution in [0.15, 0.2) is 38.6 Å². The number of aromatic nitrogens is 4. The topological polar surface area (TPSA) is 84.7 Å². The molecule has 1 aliphatic rings. The van der Waals surface area contributed by atoms with Crippen molar-refractivity contribution < 1.29 is 4.42 Å². The van der Waals surface area contributed by atoms with Crippen molar-refractivity contribution in [3.8, 4) is 11.5 Å². The molecule has 0 saturated heterocycles. The normalized spacial score (nSPS) is 13.8. The number of nitrogens with one attached hydrogen (secondary N) is 1. The van der Waals surface area contributed by atoms with Crippen LogP contribution < -0.4 is 5.56 Å². The van der Waals surface area contributed by atoms with E-state index in [1.54, 1.807) is 11.3 Å². The highest BCUT2D eigenvalue weighted by molar-refractivity contribution is 7.98. The zero-order valence-electron chi connectivity index (χ0n) is 15.3. The predicted molar refractivity (Wildman–Crippen MR) is 111 cm³/mol. The number of aryl methyl sites for hydroxylation is 3. The molecule has 0 bridgehead atoms. The van der Waals surface area contributed by atoms with E-state index in [2.05, 4.69) is 20.2 Å². The van der Waals surface area contributed by atoms with Crippen molar-refractivity contribution in [3.63, 3.8) is 0 Å². The Balaban J connectivity index is 1.37. The molecule has 0 aliphatic heterocycles. The van der Waals surface area contributed by atoms with Crippen molar-refractivity contribution >= 4 is 33.3 Å². The largest absolute Gasteiger partial charge is 0.420 e. The van der Waals surface area contributed by atoms with Crippen molar-refractivity contribution in [3.05, 3.63) is 56.5 Å². The minimum atomic E-state index is -0.0436. The molecule has 6 nitrogen and oxygen atoms in total. The van der Waals surface area contributed by atoms with Gasteiger partial charge in [0, 0.05) is 10.4 Å². The van der Waals surface area contributed by atoms with Crippen LogP contribution in [0.3, 0.4) is 0 Å². The summed E-state index contributed by atoms with van der Waals surface area (Å²) in [7, 11) is 0. The summed E-state index contributed by atoms with van der Waals surface area (Å²) in [5.74, 6) is 1.47. The number of hydrogen-bond donors (Lipinski definition) is 1. The van der Waals surface area contributed by atoms with Crippen LogP contribution in [0.1, 0.15) is 34.7 Å². The quantitative estimate of drug-likeness (QED) is 0.393. The molecule has 3 heterocycles. The number of hydrogen-bond acceptors (Lipinski definition) is 7. The molecule has 5 rings (SSSR count). The lowest BCUT2D eigenvalue weighted by atomic mass is 9.97. The molecule has 3 aromatic heterocycles. The molecule has 142 valence electrons. The van der Waals surface area contributed by atoms with Crippen molar-refractivity contribution in [2.75, 3.05) is 0 Å². The lowest BCUT2D eigenvalue weighted by Crippen LogP contribution is -2.10. The number of benzene rings is 1. The van der Waals surface area contributed by atoms with Gasteiger partial charge in [0.25, 0.3) is 5.56 Å². The number of rotatable bonds is 4. The van der Waals surface area contributed by atoms with Crippen molar-refractivity contribution in [1.29, 1.82) is 0 Å². The van der Waals surface area contributed by atoms with Crippen LogP contribution in [0.25, 0.3) is 21.7 Å². The third-order valence-corrected chi connectivity index (χ3v) is 6.91. The number of H-pyrrole nitrogens is 1. The third-order valence-electron chi connectivity index (χ3n) is 4.87. The molecule has 0 saturated carbocycles. The fourth-order valence-electron chi connectivity index (χ4n) is 3.55. The van der Waals surface area contributed by atoms with Gasteiger partial charge in [0.2, 0.25) is 11.8 Å². The number of fused-ring (bicyclic) bond motifs is 3. The Labute approximate surface area is 169 Å². The second-order valence-electron chi connectivity index (χ2n) is 6.92. The Morgan fingerprint density at radius 2 is 2.14 bits per heavy atom. The highest BCUT2D eigenvalue weighted by Gasteiger charge is 2.20. The number of thiophene rings is 1. The molecule has 0 atom stereocenters. The van der Waals surface area contributed by atoms with Crippen LogP contribution in [0.5, 0.6) is 0 Å². The van der Waals surface area contributed by atoms with Gasteiger partial charge in [0.05, 0.1) is 11.1 Å². The predicted octanol–water partition coefficient (Wildman–Crippen LogP) is 4.51. The minimum Gasteiger partial charge on any atom is -0.420 e. The van der Waals surface area contributed by atoms with Gasteiger partial charge in [0.15, 0.2) is 5.16 Å². The first kappa shape index (κ1) is 17.6. The van der Waals surface area contributed by atoms with Gasteiger partial charge in [-0.1, -0.05) is 29.5 Å². The van der Waals surface area contributed by atoms with Gasteiger partial charge in [-0.3, -0.25) is 4.79 Å². The van der Waals surface area contributed by atoms with Crippen molar-refractivity contribution in [1.82, 2.24) is 20.2 Å². The summed E-state index contributed by atoms with van der Waals surface area (Å²) in [6.07, 6.45) is 4.38. The summed E-state index contributed by atoms with van der Waals surface area (Å²) in [6, 6.07) is 7.95. The van der Waals surface area contributed by atoms with Crippen LogP contribution in [0.4, 0.5) is 0 Å². The molecule has 28 heavy (non-hydrogen) atoms. The standard InChI is InChI=1S/C20H18N4O2S2/c1-11-5-4-6-12(9-11)18-24-23-15(26-18)10-27-20-21-17(25)16-13-7-2-3-8-14(13)28-19(16)22-20/h4-6,9H,2-3,7-8,10H2,1H3,(H,21,22,25). The van der Waals surface area contributed by atoms with E-state index < -0.39 is 0 Å². The maximum absolute atomic E-state index is 12.6. The lowest BCUT2D eigenvalue weighted by Gasteiger charge is -2.09. The molecule has 0 fully saturated rings. The van der Waals surface area contributed by atoms with Gasteiger partial charge in [0.1, 0.15) is 4.83 Å². The molecular weight excluding hydrogens is 392 g/mol. The van der Waals surface area contributed by atoms with Gasteiger partial charge in [-0.15, -0.1) is 21.5 Å². The Morgan fingerprint density at radius 1 is 1.25 bits per heavy atom. The zero-order valence-corrected chi connectivity index (χ0v) is 17.0. The molecule has 0 amide bonds. The van der Waals surface area contributed by atoms with E-state index in [-0.39, 0.29) is 5.56 Å². The number of aromatic amines is 1. The SMILES string of the molecule is Cc1cccc(-c2nnc(CSc3nc4sc5c(c4c(=O)[nH]3)CCCC5)o2)c1. The third kappa shape index (κ3) is 3.27. The molecule has 4 aromatic rings. The van der Waals surface area contributed by atoms with E-state index in [4.69, 9.17) is 4.42 Å². The molecule has 0 spiro atoms. The Hall–Kier alpha value is -2.45. The highest BCUT2D eigenvalue weighted by atomic mass is 32.2. The molecule has 8 heteroatoms. The second kappa shape index (κ2) is 7.18. The Kier molecular flexibility index (Phi) is 4.52. The van der Waals surface area contributed by atoms with Crippen LogP contribution in [-0.2, 0) is 18.6 Å². The molecular formula is C20H18N4O2S2. The summed E-state index contributed by atoms with van der Waals surface area (Å²) in [6.45, 7) is 2.03. The summed E-state index contributed by atoms with van der Waals surface area (Å²) >= 11 is 3.06. The van der Waals surface area contributed by atoms with E-state index in [0.717, 1.165) is 40.6 Å². The molecule has 1 aromatic carbocycles. The van der Waals surface area contributed by atoms with Crippen molar-refractivity contribution in [2.24, 2.45) is 0 Å². The van der Waals surface area contributed by atoms with Crippen molar-refractivity contribution in [2.45, 2.75) is 43.5 Å². The van der Waals surface area contributed by atoms with Gasteiger partial charge < -0.3 is 9.40 Å². The van der Waals surface area contributed by atoms with Crippen LogP contribution in [-0.4, -0.2) is 20.2 Å². The summed E-state index contributed by atoms with van der Waals surface area (Å²) in [5.41, 5.74) is 3.20. The molecule has 0 radical (unpaired) electrons. The fourth-order valence-corrected chi connectivity index (χ4v) is 5.57. The second-order valence-corrected chi connectivity index (χ2v) is 8.97. The average Bonchev–Trinajstić information content (AvgIpc) is 3.31. The maximum Gasteiger partial charge on any atom is 0.260 e. The fraction of sp³-hybridized carbons (Fsp3) is 0.300. The smallest absolute Gasteiger partial charge is 0.260 e. The minimum absolute atomic E-state index is 0.0436. The molecule has 0 unspecified atom stereocenters. The number of nitrogens with zero attached hydrogens (tertiary/aromatic N) is 3. The van der Waals surface area contributed by atoms with E-state index >= 15 is 0 Å². The van der Waals surface area contributed by atoms with Crippen LogP contribution >= 0.6 is 23.1 Å². The Bertz CT molecular complexity index is 1220.